The second kappa shape index (κ2) is 6.20. The maximum Gasteiger partial charge on any atom is 0.234 e. The van der Waals surface area contributed by atoms with Gasteiger partial charge in [-0.2, -0.15) is 0 Å². The predicted octanol–water partition coefficient (Wildman–Crippen LogP) is 2.55. The first kappa shape index (κ1) is 14.1. The van der Waals surface area contributed by atoms with Crippen molar-refractivity contribution >= 4 is 5.91 Å². The second-order valence-electron chi connectivity index (χ2n) is 5.89. The van der Waals surface area contributed by atoms with E-state index in [-0.39, 0.29) is 18.0 Å². The summed E-state index contributed by atoms with van der Waals surface area (Å²) in [6, 6.07) is 8.55. The van der Waals surface area contributed by atoms with Gasteiger partial charge in [0.2, 0.25) is 5.91 Å². The SMILES string of the molecule is CC(C)CC(NC1CCCc2ccccc21)C(N)=O. The number of primary amides is 1. The molecule has 2 rings (SSSR count). The molecule has 0 aromatic heterocycles. The number of aryl methyl sites for hydroxylation is 1. The van der Waals surface area contributed by atoms with Crippen LogP contribution in [0.4, 0.5) is 0 Å². The van der Waals surface area contributed by atoms with Gasteiger partial charge in [0.1, 0.15) is 0 Å². The van der Waals surface area contributed by atoms with Gasteiger partial charge in [-0.05, 0) is 42.7 Å². The zero-order chi connectivity index (χ0) is 13.8. The van der Waals surface area contributed by atoms with Crippen LogP contribution >= 0.6 is 0 Å². The van der Waals surface area contributed by atoms with Crippen LogP contribution in [0.3, 0.4) is 0 Å². The molecular formula is C16H24N2O. The standard InChI is InChI=1S/C16H24N2O/c1-11(2)10-15(16(17)19)18-14-9-5-7-12-6-3-4-8-13(12)14/h3-4,6,8,11,14-15,18H,5,7,9-10H2,1-2H3,(H2,17,19). The van der Waals surface area contributed by atoms with Gasteiger partial charge in [-0.1, -0.05) is 38.1 Å². The van der Waals surface area contributed by atoms with E-state index in [0.29, 0.717) is 5.92 Å². The van der Waals surface area contributed by atoms with Crippen molar-refractivity contribution in [1.29, 1.82) is 0 Å². The molecule has 0 heterocycles. The molecule has 2 unspecified atom stereocenters. The molecule has 1 aliphatic carbocycles. The molecule has 1 aromatic carbocycles. The zero-order valence-corrected chi connectivity index (χ0v) is 11.9. The molecule has 3 nitrogen and oxygen atoms in total. The van der Waals surface area contributed by atoms with Gasteiger partial charge in [0.25, 0.3) is 0 Å². The lowest BCUT2D eigenvalue weighted by Crippen LogP contribution is -2.44. The number of rotatable bonds is 5. The van der Waals surface area contributed by atoms with Gasteiger partial charge < -0.3 is 5.73 Å². The fourth-order valence-corrected chi connectivity index (χ4v) is 2.91. The number of carbonyl (C=O) groups is 1. The van der Waals surface area contributed by atoms with Crippen molar-refractivity contribution < 1.29 is 4.79 Å². The van der Waals surface area contributed by atoms with Crippen LogP contribution in [0.1, 0.15) is 50.3 Å². The normalized spacial score (nSPS) is 20.1. The van der Waals surface area contributed by atoms with Crippen molar-refractivity contribution in [2.45, 2.75) is 51.6 Å². The van der Waals surface area contributed by atoms with Crippen molar-refractivity contribution in [3.8, 4) is 0 Å². The summed E-state index contributed by atoms with van der Waals surface area (Å²) in [7, 11) is 0. The van der Waals surface area contributed by atoms with E-state index >= 15 is 0 Å². The molecule has 0 saturated carbocycles. The smallest absolute Gasteiger partial charge is 0.234 e. The Morgan fingerprint density at radius 2 is 2.16 bits per heavy atom. The lowest BCUT2D eigenvalue weighted by atomic mass is 9.87. The molecule has 3 N–H and O–H groups in total. The highest BCUT2D eigenvalue weighted by atomic mass is 16.1. The Morgan fingerprint density at radius 3 is 2.84 bits per heavy atom. The first-order valence-corrected chi connectivity index (χ1v) is 7.21. The molecule has 0 spiro atoms. The lowest BCUT2D eigenvalue weighted by molar-refractivity contribution is -0.120. The maximum atomic E-state index is 11.6. The maximum absolute atomic E-state index is 11.6. The monoisotopic (exact) mass is 260 g/mol. The van der Waals surface area contributed by atoms with E-state index in [1.807, 2.05) is 0 Å². The third-order valence-corrected chi connectivity index (χ3v) is 3.82. The summed E-state index contributed by atoms with van der Waals surface area (Å²) in [5, 5.41) is 3.47. The molecular weight excluding hydrogens is 236 g/mol. The minimum absolute atomic E-state index is 0.226. The molecule has 3 heteroatoms. The lowest BCUT2D eigenvalue weighted by Gasteiger charge is -2.30. The van der Waals surface area contributed by atoms with Gasteiger partial charge in [-0.15, -0.1) is 0 Å². The van der Waals surface area contributed by atoms with E-state index in [0.717, 1.165) is 19.3 Å². The fourth-order valence-electron chi connectivity index (χ4n) is 2.91. The minimum atomic E-state index is -0.239. The highest BCUT2D eigenvalue weighted by molar-refractivity contribution is 5.79. The summed E-state index contributed by atoms with van der Waals surface area (Å²) in [6.07, 6.45) is 4.19. The van der Waals surface area contributed by atoms with Crippen LogP contribution in [-0.2, 0) is 11.2 Å². The summed E-state index contributed by atoms with van der Waals surface area (Å²) >= 11 is 0. The Kier molecular flexibility index (Phi) is 4.59. The summed E-state index contributed by atoms with van der Waals surface area (Å²) in [5.41, 5.74) is 8.26. The number of amides is 1. The number of hydrogen-bond donors (Lipinski definition) is 2. The van der Waals surface area contributed by atoms with Gasteiger partial charge in [-0.25, -0.2) is 0 Å². The number of hydrogen-bond acceptors (Lipinski definition) is 2. The Morgan fingerprint density at radius 1 is 1.42 bits per heavy atom. The van der Waals surface area contributed by atoms with E-state index in [1.165, 1.54) is 17.5 Å². The highest BCUT2D eigenvalue weighted by Gasteiger charge is 2.25. The molecule has 0 radical (unpaired) electrons. The van der Waals surface area contributed by atoms with E-state index in [4.69, 9.17) is 5.73 Å². The summed E-state index contributed by atoms with van der Waals surface area (Å²) in [5.74, 6) is 0.223. The molecule has 0 fully saturated rings. The van der Waals surface area contributed by atoms with E-state index in [9.17, 15) is 4.79 Å². The third-order valence-electron chi connectivity index (χ3n) is 3.82. The van der Waals surface area contributed by atoms with Gasteiger partial charge >= 0.3 is 0 Å². The Labute approximate surface area is 115 Å². The predicted molar refractivity (Wildman–Crippen MR) is 77.7 cm³/mol. The molecule has 1 amide bonds. The summed E-state index contributed by atoms with van der Waals surface area (Å²) < 4.78 is 0. The van der Waals surface area contributed by atoms with E-state index in [1.54, 1.807) is 0 Å². The third kappa shape index (κ3) is 3.57. The Balaban J connectivity index is 2.12. The van der Waals surface area contributed by atoms with Crippen molar-refractivity contribution in [3.63, 3.8) is 0 Å². The van der Waals surface area contributed by atoms with Gasteiger partial charge in [-0.3, -0.25) is 10.1 Å². The van der Waals surface area contributed by atoms with Gasteiger partial charge in [0.15, 0.2) is 0 Å². The molecule has 0 saturated heterocycles. The van der Waals surface area contributed by atoms with Crippen LogP contribution in [0.25, 0.3) is 0 Å². The van der Waals surface area contributed by atoms with Crippen molar-refractivity contribution in [2.75, 3.05) is 0 Å². The van der Waals surface area contributed by atoms with Crippen LogP contribution in [0.2, 0.25) is 0 Å². The van der Waals surface area contributed by atoms with Gasteiger partial charge in [0.05, 0.1) is 6.04 Å². The fraction of sp³-hybridized carbons (Fsp3) is 0.562. The topological polar surface area (TPSA) is 55.1 Å². The first-order valence-electron chi connectivity index (χ1n) is 7.21. The molecule has 0 aliphatic heterocycles. The van der Waals surface area contributed by atoms with Crippen LogP contribution in [0.5, 0.6) is 0 Å². The quantitative estimate of drug-likeness (QED) is 0.855. The number of carbonyl (C=O) groups excluding carboxylic acids is 1. The zero-order valence-electron chi connectivity index (χ0n) is 11.9. The van der Waals surface area contributed by atoms with E-state index < -0.39 is 0 Å². The van der Waals surface area contributed by atoms with Gasteiger partial charge in [0, 0.05) is 6.04 Å². The molecule has 19 heavy (non-hydrogen) atoms. The average molecular weight is 260 g/mol. The van der Waals surface area contributed by atoms with E-state index in [2.05, 4.69) is 43.4 Å². The molecule has 1 aromatic rings. The number of nitrogens with one attached hydrogen (secondary N) is 1. The number of fused-ring (bicyclic) bond motifs is 1. The van der Waals surface area contributed by atoms with Crippen molar-refractivity contribution in [3.05, 3.63) is 35.4 Å². The largest absolute Gasteiger partial charge is 0.368 e. The van der Waals surface area contributed by atoms with Crippen LogP contribution in [0.15, 0.2) is 24.3 Å². The van der Waals surface area contributed by atoms with Crippen molar-refractivity contribution in [1.82, 2.24) is 5.32 Å². The highest BCUT2D eigenvalue weighted by Crippen LogP contribution is 2.30. The minimum Gasteiger partial charge on any atom is -0.368 e. The molecule has 2 atom stereocenters. The first-order chi connectivity index (χ1) is 9.08. The van der Waals surface area contributed by atoms with Crippen LogP contribution < -0.4 is 11.1 Å². The summed E-state index contributed by atoms with van der Waals surface area (Å²) in [4.78, 5) is 11.6. The molecule has 0 bridgehead atoms. The van der Waals surface area contributed by atoms with Crippen LogP contribution in [0, 0.1) is 5.92 Å². The summed E-state index contributed by atoms with van der Waals surface area (Å²) in [6.45, 7) is 4.23. The van der Waals surface area contributed by atoms with Crippen molar-refractivity contribution in [2.24, 2.45) is 11.7 Å². The number of nitrogens with two attached hydrogens (primary N) is 1. The van der Waals surface area contributed by atoms with Crippen LogP contribution in [-0.4, -0.2) is 11.9 Å². The Hall–Kier alpha value is -1.35. The second-order valence-corrected chi connectivity index (χ2v) is 5.89. The molecule has 104 valence electrons. The number of benzene rings is 1. The molecule has 1 aliphatic rings. The average Bonchev–Trinajstić information content (AvgIpc) is 2.37. The Bertz CT molecular complexity index is 442.